The first kappa shape index (κ1) is 17.3. The molecule has 1 aliphatic heterocycles. The predicted octanol–water partition coefficient (Wildman–Crippen LogP) is 1.84. The quantitative estimate of drug-likeness (QED) is 0.832. The van der Waals surface area contributed by atoms with E-state index in [9.17, 15) is 9.59 Å². The molecule has 0 spiro atoms. The highest BCUT2D eigenvalue weighted by Gasteiger charge is 2.23. The Morgan fingerprint density at radius 1 is 1.09 bits per heavy atom. The fraction of sp³-hybridized carbons (Fsp3) is 0.556. The van der Waals surface area contributed by atoms with E-state index in [1.165, 1.54) is 12.6 Å². The fourth-order valence-electron chi connectivity index (χ4n) is 2.86. The van der Waals surface area contributed by atoms with Gasteiger partial charge in [0.2, 0.25) is 11.8 Å². The monoisotopic (exact) mass is 317 g/mol. The smallest absolute Gasteiger partial charge is 0.242 e. The number of carbonyl (C=O) groups excluding carboxylic acids is 2. The van der Waals surface area contributed by atoms with Gasteiger partial charge in [-0.05, 0) is 18.1 Å². The van der Waals surface area contributed by atoms with Crippen LogP contribution < -0.4 is 4.90 Å². The van der Waals surface area contributed by atoms with Gasteiger partial charge in [-0.1, -0.05) is 32.0 Å². The molecule has 2 amide bonds. The van der Waals surface area contributed by atoms with Gasteiger partial charge in [0.05, 0.1) is 6.54 Å². The first-order valence-corrected chi connectivity index (χ1v) is 8.30. The van der Waals surface area contributed by atoms with Crippen molar-refractivity contribution in [3.05, 3.63) is 30.3 Å². The second-order valence-corrected chi connectivity index (χ2v) is 6.50. The highest BCUT2D eigenvalue weighted by Crippen LogP contribution is 2.15. The lowest BCUT2D eigenvalue weighted by Gasteiger charge is -2.37. The standard InChI is InChI=1S/C18H27N3O2/c1-15(2)13-21(16(3)22)14-18(23)20-11-9-19(10-12-20)17-7-5-4-6-8-17/h4-8,15H,9-14H2,1-3H3. The van der Waals surface area contributed by atoms with Crippen molar-refractivity contribution in [3.8, 4) is 0 Å². The van der Waals surface area contributed by atoms with Gasteiger partial charge in [0.15, 0.2) is 0 Å². The first-order valence-electron chi connectivity index (χ1n) is 8.30. The van der Waals surface area contributed by atoms with E-state index in [4.69, 9.17) is 0 Å². The van der Waals surface area contributed by atoms with Crippen molar-refractivity contribution >= 4 is 17.5 Å². The molecule has 0 N–H and O–H groups in total. The second kappa shape index (κ2) is 7.99. The number of para-hydroxylation sites is 1. The fourth-order valence-corrected chi connectivity index (χ4v) is 2.86. The molecule has 1 heterocycles. The van der Waals surface area contributed by atoms with Gasteiger partial charge in [-0.2, -0.15) is 0 Å². The molecule has 1 fully saturated rings. The molecular weight excluding hydrogens is 290 g/mol. The minimum Gasteiger partial charge on any atom is -0.368 e. The normalized spacial score (nSPS) is 15.0. The zero-order chi connectivity index (χ0) is 16.8. The Morgan fingerprint density at radius 2 is 1.70 bits per heavy atom. The number of amides is 2. The van der Waals surface area contributed by atoms with E-state index < -0.39 is 0 Å². The summed E-state index contributed by atoms with van der Waals surface area (Å²) in [5.74, 6) is 0.380. The van der Waals surface area contributed by atoms with Crippen molar-refractivity contribution < 1.29 is 9.59 Å². The van der Waals surface area contributed by atoms with Crippen LogP contribution in [0.15, 0.2) is 30.3 Å². The third kappa shape index (κ3) is 4.98. The van der Waals surface area contributed by atoms with E-state index in [1.54, 1.807) is 4.90 Å². The summed E-state index contributed by atoms with van der Waals surface area (Å²) < 4.78 is 0. The van der Waals surface area contributed by atoms with Crippen molar-refractivity contribution in [1.82, 2.24) is 9.80 Å². The van der Waals surface area contributed by atoms with E-state index in [1.807, 2.05) is 23.1 Å². The van der Waals surface area contributed by atoms with Crippen LogP contribution in [-0.4, -0.2) is 60.9 Å². The molecule has 126 valence electrons. The number of nitrogens with zero attached hydrogens (tertiary/aromatic N) is 3. The number of rotatable bonds is 5. The number of hydrogen-bond donors (Lipinski definition) is 0. The van der Waals surface area contributed by atoms with E-state index in [0.717, 1.165) is 13.1 Å². The molecule has 0 bridgehead atoms. The molecule has 1 aliphatic rings. The minimum atomic E-state index is -0.0324. The Morgan fingerprint density at radius 3 is 2.22 bits per heavy atom. The highest BCUT2D eigenvalue weighted by molar-refractivity contribution is 5.84. The van der Waals surface area contributed by atoms with Gasteiger partial charge in [0.1, 0.15) is 0 Å². The molecule has 5 heteroatoms. The summed E-state index contributed by atoms with van der Waals surface area (Å²) in [6.45, 7) is 9.55. The number of piperazine rings is 1. The SMILES string of the molecule is CC(=O)N(CC(=O)N1CCN(c2ccccc2)CC1)CC(C)C. The highest BCUT2D eigenvalue weighted by atomic mass is 16.2. The van der Waals surface area contributed by atoms with E-state index >= 15 is 0 Å². The van der Waals surface area contributed by atoms with Crippen LogP contribution in [0.2, 0.25) is 0 Å². The minimum absolute atomic E-state index is 0.0324. The van der Waals surface area contributed by atoms with Crippen molar-refractivity contribution in [3.63, 3.8) is 0 Å². The van der Waals surface area contributed by atoms with Crippen LogP contribution in [0.1, 0.15) is 20.8 Å². The molecule has 1 aromatic rings. The van der Waals surface area contributed by atoms with Crippen LogP contribution >= 0.6 is 0 Å². The summed E-state index contributed by atoms with van der Waals surface area (Å²) in [5, 5.41) is 0. The van der Waals surface area contributed by atoms with Crippen molar-refractivity contribution in [2.45, 2.75) is 20.8 Å². The van der Waals surface area contributed by atoms with E-state index in [-0.39, 0.29) is 18.4 Å². The summed E-state index contributed by atoms with van der Waals surface area (Å²) in [4.78, 5) is 29.9. The van der Waals surface area contributed by atoms with Crippen LogP contribution in [-0.2, 0) is 9.59 Å². The summed E-state index contributed by atoms with van der Waals surface area (Å²) in [6, 6.07) is 10.3. The maximum atomic E-state index is 12.5. The molecule has 0 aliphatic carbocycles. The number of carbonyl (C=O) groups is 2. The Labute approximate surface area is 138 Å². The van der Waals surface area contributed by atoms with Crippen molar-refractivity contribution in [1.29, 1.82) is 0 Å². The Kier molecular flexibility index (Phi) is 6.02. The molecular formula is C18H27N3O2. The topological polar surface area (TPSA) is 43.9 Å². The lowest BCUT2D eigenvalue weighted by molar-refractivity contribution is -0.140. The van der Waals surface area contributed by atoms with Gasteiger partial charge in [0, 0.05) is 45.3 Å². The van der Waals surface area contributed by atoms with Crippen molar-refractivity contribution in [2.75, 3.05) is 44.2 Å². The molecule has 0 radical (unpaired) electrons. The maximum absolute atomic E-state index is 12.5. The molecule has 0 saturated carbocycles. The number of hydrogen-bond acceptors (Lipinski definition) is 3. The summed E-state index contributed by atoms with van der Waals surface area (Å²) in [6.07, 6.45) is 0. The zero-order valence-corrected chi connectivity index (χ0v) is 14.4. The summed E-state index contributed by atoms with van der Waals surface area (Å²) in [5.41, 5.74) is 1.20. The second-order valence-electron chi connectivity index (χ2n) is 6.50. The molecule has 0 atom stereocenters. The van der Waals surface area contributed by atoms with Crippen LogP contribution in [0, 0.1) is 5.92 Å². The van der Waals surface area contributed by atoms with Crippen LogP contribution in [0.4, 0.5) is 5.69 Å². The molecule has 1 saturated heterocycles. The first-order chi connectivity index (χ1) is 11.0. The van der Waals surface area contributed by atoms with Crippen LogP contribution in [0.3, 0.4) is 0 Å². The maximum Gasteiger partial charge on any atom is 0.242 e. The Hall–Kier alpha value is -2.04. The molecule has 1 aromatic carbocycles. The van der Waals surface area contributed by atoms with Gasteiger partial charge in [0.25, 0.3) is 0 Å². The van der Waals surface area contributed by atoms with Crippen LogP contribution in [0.25, 0.3) is 0 Å². The molecule has 23 heavy (non-hydrogen) atoms. The molecule has 0 aromatic heterocycles. The van der Waals surface area contributed by atoms with Gasteiger partial charge in [-0.15, -0.1) is 0 Å². The van der Waals surface area contributed by atoms with E-state index in [0.29, 0.717) is 25.6 Å². The van der Waals surface area contributed by atoms with Crippen LogP contribution in [0.5, 0.6) is 0 Å². The van der Waals surface area contributed by atoms with Gasteiger partial charge in [-0.25, -0.2) is 0 Å². The summed E-state index contributed by atoms with van der Waals surface area (Å²) in [7, 11) is 0. The Bertz CT molecular complexity index is 522. The third-order valence-electron chi connectivity index (χ3n) is 4.11. The average molecular weight is 317 g/mol. The zero-order valence-electron chi connectivity index (χ0n) is 14.4. The number of anilines is 1. The number of benzene rings is 1. The predicted molar refractivity (Wildman–Crippen MR) is 92.3 cm³/mol. The summed E-state index contributed by atoms with van der Waals surface area (Å²) >= 11 is 0. The van der Waals surface area contributed by atoms with Crippen molar-refractivity contribution in [2.24, 2.45) is 5.92 Å². The lowest BCUT2D eigenvalue weighted by atomic mass is 10.2. The molecule has 0 unspecified atom stereocenters. The lowest BCUT2D eigenvalue weighted by Crippen LogP contribution is -2.52. The average Bonchev–Trinajstić information content (AvgIpc) is 2.54. The van der Waals surface area contributed by atoms with E-state index in [2.05, 4.69) is 30.9 Å². The Balaban J connectivity index is 1.86. The van der Waals surface area contributed by atoms with Gasteiger partial charge < -0.3 is 14.7 Å². The largest absolute Gasteiger partial charge is 0.368 e. The molecule has 2 rings (SSSR count). The van der Waals surface area contributed by atoms with Gasteiger partial charge >= 0.3 is 0 Å². The van der Waals surface area contributed by atoms with Gasteiger partial charge in [-0.3, -0.25) is 9.59 Å². The molecule has 5 nitrogen and oxygen atoms in total. The third-order valence-corrected chi connectivity index (χ3v) is 4.11.